The van der Waals surface area contributed by atoms with E-state index >= 15 is 0 Å². The molecule has 0 bridgehead atoms. The smallest absolute Gasteiger partial charge is 0.417 e. The minimum absolute atomic E-state index is 0.0173. The van der Waals surface area contributed by atoms with Gasteiger partial charge in [-0.05, 0) is 46.8 Å². The maximum absolute atomic E-state index is 12.8. The number of rotatable bonds is 3. The molecule has 0 amide bonds. The highest BCUT2D eigenvalue weighted by Crippen LogP contribution is 2.34. The van der Waals surface area contributed by atoms with Crippen LogP contribution in [-0.4, -0.2) is 33.6 Å². The largest absolute Gasteiger partial charge is 0.478 e. The lowest BCUT2D eigenvalue weighted by Crippen LogP contribution is -2.18. The fourth-order valence-electron chi connectivity index (χ4n) is 2.84. The second-order valence-corrected chi connectivity index (χ2v) is 6.56. The topological polar surface area (TPSA) is 89.4 Å². The summed E-state index contributed by atoms with van der Waals surface area (Å²) in [4.78, 5) is 29.7. The molecule has 12 heteroatoms. The number of carbonyl (C=O) groups excluding carboxylic acids is 1. The van der Waals surface area contributed by atoms with Crippen molar-refractivity contribution in [3.05, 3.63) is 57.2 Å². The predicted molar refractivity (Wildman–Crippen MR) is 100 cm³/mol. The molecule has 2 heterocycles. The fraction of sp³-hybridized carbons (Fsp3) is 0.400. The molecule has 1 N–H and O–H groups in total. The number of esters is 1. The molecule has 0 spiro atoms. The second-order valence-electron chi connectivity index (χ2n) is 6.56. The number of halogens is 6. The van der Waals surface area contributed by atoms with Gasteiger partial charge in [-0.15, -0.1) is 0 Å². The van der Waals surface area contributed by atoms with Crippen molar-refractivity contribution >= 4 is 11.9 Å². The predicted octanol–water partition coefficient (Wildman–Crippen LogP) is 5.31. The first-order valence-electron chi connectivity index (χ1n) is 9.01. The van der Waals surface area contributed by atoms with Gasteiger partial charge in [0, 0.05) is 11.4 Å². The summed E-state index contributed by atoms with van der Waals surface area (Å²) in [5.41, 5.74) is -3.20. The summed E-state index contributed by atoms with van der Waals surface area (Å²) >= 11 is 0. The number of alkyl halides is 6. The molecule has 6 nitrogen and oxygen atoms in total. The van der Waals surface area contributed by atoms with Gasteiger partial charge in [0.05, 0.1) is 40.2 Å². The SMILES string of the molecule is CCOC(=O)c1c(C(F)(F)F)cc(C)nc1C.Cc1cc(C(F)(F)F)c(C(=O)O)c(C)n1. The van der Waals surface area contributed by atoms with E-state index in [0.29, 0.717) is 0 Å². The Morgan fingerprint density at radius 3 is 1.56 bits per heavy atom. The third kappa shape index (κ3) is 6.66. The third-order valence-electron chi connectivity index (χ3n) is 3.96. The number of nitrogens with zero attached hydrogens (tertiary/aromatic N) is 2. The van der Waals surface area contributed by atoms with E-state index < -0.39 is 46.5 Å². The number of carboxylic acid groups (broad SMARTS) is 1. The molecule has 0 fully saturated rings. The van der Waals surface area contributed by atoms with Crippen LogP contribution in [0, 0.1) is 27.7 Å². The number of hydrogen-bond acceptors (Lipinski definition) is 5. The average molecular weight is 466 g/mol. The van der Waals surface area contributed by atoms with Crippen LogP contribution in [0.15, 0.2) is 12.1 Å². The van der Waals surface area contributed by atoms with Gasteiger partial charge in [0.1, 0.15) is 0 Å². The summed E-state index contributed by atoms with van der Waals surface area (Å²) in [6.45, 7) is 6.97. The summed E-state index contributed by atoms with van der Waals surface area (Å²) in [7, 11) is 0. The average Bonchev–Trinajstić information content (AvgIpc) is 2.59. The van der Waals surface area contributed by atoms with E-state index in [9.17, 15) is 35.9 Å². The van der Waals surface area contributed by atoms with Gasteiger partial charge in [-0.2, -0.15) is 26.3 Å². The van der Waals surface area contributed by atoms with Crippen LogP contribution in [0.3, 0.4) is 0 Å². The Morgan fingerprint density at radius 1 is 0.844 bits per heavy atom. The van der Waals surface area contributed by atoms with Crippen LogP contribution < -0.4 is 0 Å². The highest BCUT2D eigenvalue weighted by atomic mass is 19.4. The molecule has 0 aliphatic rings. The Morgan fingerprint density at radius 2 is 1.22 bits per heavy atom. The van der Waals surface area contributed by atoms with Crippen molar-refractivity contribution in [2.45, 2.75) is 47.0 Å². The number of aryl methyl sites for hydroxylation is 4. The van der Waals surface area contributed by atoms with Gasteiger partial charge in [-0.3, -0.25) is 9.97 Å². The van der Waals surface area contributed by atoms with E-state index in [4.69, 9.17) is 5.11 Å². The molecule has 32 heavy (non-hydrogen) atoms. The molecule has 0 radical (unpaired) electrons. The number of aromatic nitrogens is 2. The lowest BCUT2D eigenvalue weighted by molar-refractivity contribution is -0.139. The first kappa shape index (κ1) is 26.9. The molecule has 0 saturated heterocycles. The molecule has 0 aliphatic heterocycles. The lowest BCUT2D eigenvalue weighted by atomic mass is 10.1. The Hall–Kier alpha value is -3.18. The molecule has 0 aliphatic carbocycles. The van der Waals surface area contributed by atoms with Crippen molar-refractivity contribution in [2.24, 2.45) is 0 Å². The maximum atomic E-state index is 12.8. The third-order valence-corrected chi connectivity index (χ3v) is 3.96. The fourth-order valence-corrected chi connectivity index (χ4v) is 2.84. The Labute approximate surface area is 179 Å². The molecular formula is C20H20F6N2O4. The van der Waals surface area contributed by atoms with Crippen molar-refractivity contribution in [1.82, 2.24) is 9.97 Å². The van der Waals surface area contributed by atoms with Crippen LogP contribution in [0.4, 0.5) is 26.3 Å². The normalized spacial score (nSPS) is 11.5. The van der Waals surface area contributed by atoms with Crippen molar-refractivity contribution in [3.8, 4) is 0 Å². The summed E-state index contributed by atoms with van der Waals surface area (Å²) < 4.78 is 80.4. The number of aromatic carboxylic acids is 1. The Balaban J connectivity index is 0.000000323. The van der Waals surface area contributed by atoms with Crippen molar-refractivity contribution in [1.29, 1.82) is 0 Å². The van der Waals surface area contributed by atoms with E-state index in [1.807, 2.05) is 0 Å². The zero-order chi connectivity index (χ0) is 25.0. The van der Waals surface area contributed by atoms with Gasteiger partial charge < -0.3 is 9.84 Å². The maximum Gasteiger partial charge on any atom is 0.417 e. The van der Waals surface area contributed by atoms with Crippen molar-refractivity contribution in [3.63, 3.8) is 0 Å². The van der Waals surface area contributed by atoms with Gasteiger partial charge in [-0.1, -0.05) is 0 Å². The monoisotopic (exact) mass is 466 g/mol. The van der Waals surface area contributed by atoms with Crippen molar-refractivity contribution in [2.75, 3.05) is 6.61 Å². The number of carboxylic acids is 1. The van der Waals surface area contributed by atoms with E-state index in [2.05, 4.69) is 14.7 Å². The highest BCUT2D eigenvalue weighted by Gasteiger charge is 2.38. The van der Waals surface area contributed by atoms with Gasteiger partial charge >= 0.3 is 24.3 Å². The zero-order valence-corrected chi connectivity index (χ0v) is 17.7. The van der Waals surface area contributed by atoms with Gasteiger partial charge in [0.15, 0.2) is 0 Å². The van der Waals surface area contributed by atoms with Crippen LogP contribution >= 0.6 is 0 Å². The van der Waals surface area contributed by atoms with E-state index in [-0.39, 0.29) is 29.4 Å². The first-order valence-corrected chi connectivity index (χ1v) is 9.01. The summed E-state index contributed by atoms with van der Waals surface area (Å²) in [5.74, 6) is -2.61. The molecule has 0 aromatic carbocycles. The minimum Gasteiger partial charge on any atom is -0.478 e. The standard InChI is InChI=1S/C11H12F3NO2.C9H8F3NO2/c1-4-17-10(16)9-7(3)15-6(2)5-8(9)11(12,13)14;1-4-3-6(9(10,11)12)7(8(14)15)5(2)13-4/h5H,4H2,1-3H3;3H,1-2H3,(H,14,15). The van der Waals surface area contributed by atoms with E-state index in [0.717, 1.165) is 12.1 Å². The summed E-state index contributed by atoms with van der Waals surface area (Å²) in [6.07, 6.45) is -9.27. The molecule has 2 aromatic heterocycles. The molecular weight excluding hydrogens is 446 g/mol. The molecule has 0 unspecified atom stereocenters. The summed E-state index contributed by atoms with van der Waals surface area (Å²) in [5, 5.41) is 8.66. The number of hydrogen-bond donors (Lipinski definition) is 1. The minimum atomic E-state index is -4.67. The molecule has 2 rings (SSSR count). The number of pyridine rings is 2. The highest BCUT2D eigenvalue weighted by molar-refractivity contribution is 5.92. The number of ether oxygens (including phenoxy) is 1. The van der Waals surface area contributed by atoms with Crippen LogP contribution in [-0.2, 0) is 17.1 Å². The van der Waals surface area contributed by atoms with Crippen LogP contribution in [0.25, 0.3) is 0 Å². The van der Waals surface area contributed by atoms with Crippen LogP contribution in [0.1, 0.15) is 61.5 Å². The van der Waals surface area contributed by atoms with E-state index in [1.165, 1.54) is 34.6 Å². The number of carbonyl (C=O) groups is 2. The van der Waals surface area contributed by atoms with E-state index in [1.54, 1.807) is 0 Å². The zero-order valence-electron chi connectivity index (χ0n) is 17.7. The lowest BCUT2D eigenvalue weighted by Gasteiger charge is -2.14. The van der Waals surface area contributed by atoms with Gasteiger partial charge in [-0.25, -0.2) is 9.59 Å². The van der Waals surface area contributed by atoms with Crippen LogP contribution in [0.2, 0.25) is 0 Å². The van der Waals surface area contributed by atoms with Crippen LogP contribution in [0.5, 0.6) is 0 Å². The quantitative estimate of drug-likeness (QED) is 0.487. The molecule has 2 aromatic rings. The second kappa shape index (κ2) is 9.96. The molecule has 176 valence electrons. The summed E-state index contributed by atoms with van der Waals surface area (Å²) in [6, 6.07) is 1.58. The van der Waals surface area contributed by atoms with Gasteiger partial charge in [0.2, 0.25) is 0 Å². The molecule has 0 atom stereocenters. The Kier molecular flexibility index (Phi) is 8.36. The van der Waals surface area contributed by atoms with Crippen molar-refractivity contribution < 1.29 is 45.8 Å². The Bertz CT molecular complexity index is 1020. The molecule has 0 saturated carbocycles. The van der Waals surface area contributed by atoms with Gasteiger partial charge in [0.25, 0.3) is 0 Å². The first-order chi connectivity index (χ1) is 14.5.